The van der Waals surface area contributed by atoms with Crippen molar-refractivity contribution in [1.82, 2.24) is 0 Å². The fourth-order valence-corrected chi connectivity index (χ4v) is 1.08. The number of hydrogen-bond donors (Lipinski definition) is 1. The Balaban J connectivity index is 5.45. The summed E-state index contributed by atoms with van der Waals surface area (Å²) >= 11 is 0. The van der Waals surface area contributed by atoms with Crippen LogP contribution in [-0.4, -0.2) is 36.5 Å². The van der Waals surface area contributed by atoms with Crippen molar-refractivity contribution in [2.24, 2.45) is 0 Å². The summed E-state index contributed by atoms with van der Waals surface area (Å²) in [4.78, 5) is 10.1. The van der Waals surface area contributed by atoms with E-state index in [0.717, 1.165) is 0 Å². The van der Waals surface area contributed by atoms with Crippen molar-refractivity contribution in [1.29, 1.82) is 0 Å². The highest BCUT2D eigenvalue weighted by atomic mass is 32.2. The lowest BCUT2D eigenvalue weighted by Crippen LogP contribution is -2.51. The summed E-state index contributed by atoms with van der Waals surface area (Å²) in [5.74, 6) is -1.77. The molecule has 1 atom stereocenters. The molecule has 0 amide bonds. The van der Waals surface area contributed by atoms with Crippen LogP contribution in [0.2, 0.25) is 0 Å². The maximum atomic E-state index is 12.6. The van der Waals surface area contributed by atoms with E-state index in [9.17, 15) is 35.2 Å². The van der Waals surface area contributed by atoms with Crippen LogP contribution < -0.4 is 0 Å². The zero-order valence-electron chi connectivity index (χ0n) is 7.46. The van der Waals surface area contributed by atoms with Crippen LogP contribution in [0.15, 0.2) is 0 Å². The molecule has 5 nitrogen and oxygen atoms in total. The highest BCUT2D eigenvalue weighted by Crippen LogP contribution is 2.37. The number of esters is 1. The van der Waals surface area contributed by atoms with Crippen LogP contribution >= 0.6 is 0 Å². The van der Waals surface area contributed by atoms with Crippen molar-refractivity contribution in [3.63, 3.8) is 0 Å². The molecule has 0 aromatic rings. The molecule has 0 saturated heterocycles. The number of ether oxygens (including phenoxy) is 1. The average molecular weight is 272 g/mol. The summed E-state index contributed by atoms with van der Waals surface area (Å²) in [7, 11) is -6.36. The molecule has 0 heterocycles. The summed E-state index contributed by atoms with van der Waals surface area (Å²) in [6.45, 7) is 0.374. The van der Waals surface area contributed by atoms with Gasteiger partial charge in [-0.3, -0.25) is 9.35 Å². The molecule has 1 unspecified atom stereocenters. The number of alkyl halides is 5. The Kier molecular flexibility index (Phi) is 3.88. The first kappa shape index (κ1) is 15.0. The van der Waals surface area contributed by atoms with Crippen LogP contribution in [0.1, 0.15) is 6.92 Å². The van der Waals surface area contributed by atoms with Crippen LogP contribution in [0.5, 0.6) is 0 Å². The highest BCUT2D eigenvalue weighted by molar-refractivity contribution is 7.86. The molecule has 1 N–H and O–H groups in total. The number of carbonyl (C=O) groups excluding carboxylic acids is 1. The van der Waals surface area contributed by atoms with Gasteiger partial charge in [-0.05, 0) is 0 Å². The van der Waals surface area contributed by atoms with Gasteiger partial charge >= 0.3 is 27.5 Å². The minimum absolute atomic E-state index is 0.374. The summed E-state index contributed by atoms with van der Waals surface area (Å²) in [6.07, 6.45) is -10.1. The van der Waals surface area contributed by atoms with E-state index in [0.29, 0.717) is 6.92 Å². The van der Waals surface area contributed by atoms with Crippen molar-refractivity contribution < 1.29 is 44.5 Å². The van der Waals surface area contributed by atoms with E-state index in [1.54, 1.807) is 0 Å². The van der Waals surface area contributed by atoms with Gasteiger partial charge in [0.2, 0.25) is 0 Å². The molecular weight excluding hydrogens is 267 g/mol. The number of halogens is 5. The molecule has 0 aliphatic rings. The molecule has 0 fully saturated rings. The van der Waals surface area contributed by atoms with Crippen molar-refractivity contribution in [2.45, 2.75) is 24.5 Å². The van der Waals surface area contributed by atoms with E-state index in [1.807, 2.05) is 0 Å². The van der Waals surface area contributed by atoms with E-state index < -0.39 is 33.6 Å². The maximum absolute atomic E-state index is 12.6. The van der Waals surface area contributed by atoms with Gasteiger partial charge in [0.15, 0.2) is 0 Å². The van der Waals surface area contributed by atoms with Crippen molar-refractivity contribution in [2.75, 3.05) is 0 Å². The lowest BCUT2D eigenvalue weighted by atomic mass is 10.3. The lowest BCUT2D eigenvalue weighted by Gasteiger charge is -2.25. The molecule has 0 bridgehead atoms. The van der Waals surface area contributed by atoms with Gasteiger partial charge in [0, 0.05) is 6.92 Å². The van der Waals surface area contributed by atoms with Crippen molar-refractivity contribution >= 4 is 16.1 Å². The van der Waals surface area contributed by atoms with Gasteiger partial charge in [-0.2, -0.15) is 30.4 Å². The van der Waals surface area contributed by atoms with Crippen LogP contribution in [-0.2, 0) is 19.6 Å². The van der Waals surface area contributed by atoms with Crippen LogP contribution in [0, 0.1) is 0 Å². The van der Waals surface area contributed by atoms with Crippen LogP contribution in [0.4, 0.5) is 22.0 Å². The summed E-state index contributed by atoms with van der Waals surface area (Å²) in [5, 5.41) is -5.67. The van der Waals surface area contributed by atoms with Gasteiger partial charge in [0.05, 0.1) is 0 Å². The fraction of sp³-hybridized carbons (Fsp3) is 0.800. The zero-order chi connectivity index (χ0) is 13.4. The Labute approximate surface area is 85.9 Å². The predicted octanol–water partition coefficient (Wildman–Crippen LogP) is 0.961. The largest absolute Gasteiger partial charge is 0.445 e. The summed E-state index contributed by atoms with van der Waals surface area (Å²) < 4.78 is 92.3. The zero-order valence-corrected chi connectivity index (χ0v) is 8.27. The van der Waals surface area contributed by atoms with Crippen LogP contribution in [0.3, 0.4) is 0 Å². The molecule has 0 aromatic carbocycles. The van der Waals surface area contributed by atoms with Gasteiger partial charge in [-0.15, -0.1) is 0 Å². The smallest absolute Gasteiger partial charge is 0.432 e. The summed E-state index contributed by atoms with van der Waals surface area (Å²) in [6, 6.07) is 0. The predicted molar refractivity (Wildman–Crippen MR) is 38.1 cm³/mol. The number of hydrogen-bond acceptors (Lipinski definition) is 4. The summed E-state index contributed by atoms with van der Waals surface area (Å²) in [5.41, 5.74) is 0. The molecule has 0 rings (SSSR count). The first-order valence-corrected chi connectivity index (χ1v) is 4.83. The van der Waals surface area contributed by atoms with E-state index in [4.69, 9.17) is 4.55 Å². The topological polar surface area (TPSA) is 80.7 Å². The van der Waals surface area contributed by atoms with Gasteiger partial charge in [0.25, 0.3) is 6.10 Å². The van der Waals surface area contributed by atoms with E-state index in [2.05, 4.69) is 4.74 Å². The molecule has 16 heavy (non-hydrogen) atoms. The molecule has 11 heteroatoms. The monoisotopic (exact) mass is 272 g/mol. The normalized spacial score (nSPS) is 15.7. The van der Waals surface area contributed by atoms with Gasteiger partial charge in [-0.1, -0.05) is 0 Å². The fourth-order valence-electron chi connectivity index (χ4n) is 0.627. The van der Waals surface area contributed by atoms with Crippen molar-refractivity contribution in [3.05, 3.63) is 0 Å². The Morgan fingerprint density at radius 1 is 1.25 bits per heavy atom. The Morgan fingerprint density at radius 2 is 1.62 bits per heavy atom. The van der Waals surface area contributed by atoms with Gasteiger partial charge in [0.1, 0.15) is 0 Å². The molecule has 0 saturated carbocycles. The highest BCUT2D eigenvalue weighted by Gasteiger charge is 2.65. The third-order valence-electron chi connectivity index (χ3n) is 1.23. The Morgan fingerprint density at radius 3 is 1.81 bits per heavy atom. The molecule has 96 valence electrons. The Bertz CT molecular complexity index is 371. The van der Waals surface area contributed by atoms with E-state index >= 15 is 0 Å². The minimum Gasteiger partial charge on any atom is -0.445 e. The second-order valence-corrected chi connectivity index (χ2v) is 4.06. The minimum atomic E-state index is -6.36. The third kappa shape index (κ3) is 3.27. The average Bonchev–Trinajstić information content (AvgIpc) is 1.95. The second kappa shape index (κ2) is 4.13. The van der Waals surface area contributed by atoms with Gasteiger partial charge in [-0.25, -0.2) is 0 Å². The van der Waals surface area contributed by atoms with Crippen LogP contribution in [0.25, 0.3) is 0 Å². The maximum Gasteiger partial charge on any atom is 0.432 e. The van der Waals surface area contributed by atoms with E-state index in [1.165, 1.54) is 0 Å². The number of carbonyl (C=O) groups is 1. The SMILES string of the molecule is CC(=O)OC(C(F)(F)F)C(F)(F)S(=O)(=O)O. The molecule has 0 spiro atoms. The van der Waals surface area contributed by atoms with E-state index in [-0.39, 0.29) is 0 Å². The molecule has 0 aliphatic carbocycles. The van der Waals surface area contributed by atoms with Gasteiger partial charge < -0.3 is 4.74 Å². The van der Waals surface area contributed by atoms with Crippen molar-refractivity contribution in [3.8, 4) is 0 Å². The molecular formula is C5H5F5O5S. The third-order valence-corrected chi connectivity index (χ3v) is 2.13. The second-order valence-electron chi connectivity index (χ2n) is 2.57. The Hall–Kier alpha value is -0.970. The first-order valence-electron chi connectivity index (χ1n) is 3.39. The number of rotatable bonds is 3. The lowest BCUT2D eigenvalue weighted by molar-refractivity contribution is -0.258. The molecule has 0 radical (unpaired) electrons. The molecule has 0 aromatic heterocycles. The first-order chi connectivity index (χ1) is 6.80. The molecule has 0 aliphatic heterocycles. The standard InChI is InChI=1S/C5H5F5O5S/c1-2(11)15-3(4(6,7)8)5(9,10)16(12,13)14/h3H,1H3,(H,12,13,14). The quantitative estimate of drug-likeness (QED) is 0.470.